The van der Waals surface area contributed by atoms with Crippen LogP contribution in [0.4, 0.5) is 0 Å². The summed E-state index contributed by atoms with van der Waals surface area (Å²) in [5.41, 5.74) is 2.22. The molecule has 110 valence electrons. The van der Waals surface area contributed by atoms with Crippen molar-refractivity contribution < 1.29 is 9.90 Å². The molecule has 2 aromatic rings. The van der Waals surface area contributed by atoms with E-state index in [9.17, 15) is 4.79 Å². The molecule has 1 fully saturated rings. The second-order valence-electron chi connectivity index (χ2n) is 5.53. The van der Waals surface area contributed by atoms with Crippen LogP contribution in [0.25, 0.3) is 5.69 Å². The van der Waals surface area contributed by atoms with Crippen LogP contribution >= 0.6 is 0 Å². The lowest BCUT2D eigenvalue weighted by atomic mass is 9.98. The Morgan fingerprint density at radius 1 is 1.38 bits per heavy atom. The van der Waals surface area contributed by atoms with E-state index in [1.54, 1.807) is 6.20 Å². The average Bonchev–Trinajstić information content (AvgIpc) is 3.02. The van der Waals surface area contributed by atoms with E-state index in [1.807, 2.05) is 29.1 Å². The van der Waals surface area contributed by atoms with Crippen molar-refractivity contribution in [3.63, 3.8) is 0 Å². The Kier molecular flexibility index (Phi) is 4.01. The minimum absolute atomic E-state index is 0.229. The molecule has 1 saturated heterocycles. The third-order valence-corrected chi connectivity index (χ3v) is 3.94. The Labute approximate surface area is 123 Å². The molecular weight excluding hydrogens is 266 g/mol. The van der Waals surface area contributed by atoms with Crippen LogP contribution in [0, 0.1) is 5.92 Å². The smallest absolute Gasteiger partial charge is 0.307 e. The molecular formula is C16H19N3O2. The summed E-state index contributed by atoms with van der Waals surface area (Å²) in [6.45, 7) is 2.40. The second kappa shape index (κ2) is 6.10. The SMILES string of the molecule is O=C(O)[C@@H]1CCCN(Cc2cccc(-n3cccn3)c2)C1. The predicted molar refractivity (Wildman–Crippen MR) is 79.2 cm³/mol. The van der Waals surface area contributed by atoms with Crippen LogP contribution in [0.15, 0.2) is 42.7 Å². The van der Waals surface area contributed by atoms with Crippen molar-refractivity contribution in [1.82, 2.24) is 14.7 Å². The van der Waals surface area contributed by atoms with Gasteiger partial charge < -0.3 is 5.11 Å². The second-order valence-corrected chi connectivity index (χ2v) is 5.53. The van der Waals surface area contributed by atoms with E-state index in [0.717, 1.165) is 31.6 Å². The van der Waals surface area contributed by atoms with Gasteiger partial charge in [-0.3, -0.25) is 9.69 Å². The molecule has 1 aliphatic heterocycles. The molecule has 0 amide bonds. The Morgan fingerprint density at radius 3 is 3.05 bits per heavy atom. The number of carbonyl (C=O) groups is 1. The van der Waals surface area contributed by atoms with Gasteiger partial charge in [0.25, 0.3) is 0 Å². The molecule has 1 aromatic carbocycles. The zero-order chi connectivity index (χ0) is 14.7. The van der Waals surface area contributed by atoms with Gasteiger partial charge in [0.1, 0.15) is 0 Å². The Hall–Kier alpha value is -2.14. The highest BCUT2D eigenvalue weighted by atomic mass is 16.4. The molecule has 1 N–H and O–H groups in total. The highest BCUT2D eigenvalue weighted by Gasteiger charge is 2.25. The first-order chi connectivity index (χ1) is 10.2. The number of carboxylic acids is 1. The average molecular weight is 285 g/mol. The molecule has 0 bridgehead atoms. The van der Waals surface area contributed by atoms with Gasteiger partial charge in [-0.25, -0.2) is 4.68 Å². The molecule has 1 atom stereocenters. The highest BCUT2D eigenvalue weighted by molar-refractivity contribution is 5.70. The lowest BCUT2D eigenvalue weighted by Crippen LogP contribution is -2.38. The third kappa shape index (κ3) is 3.31. The number of rotatable bonds is 4. The first-order valence-corrected chi connectivity index (χ1v) is 7.26. The van der Waals surface area contributed by atoms with Crippen LogP contribution in [-0.2, 0) is 11.3 Å². The number of benzene rings is 1. The van der Waals surface area contributed by atoms with Gasteiger partial charge in [-0.1, -0.05) is 12.1 Å². The van der Waals surface area contributed by atoms with Gasteiger partial charge in [0, 0.05) is 25.5 Å². The van der Waals surface area contributed by atoms with Crippen molar-refractivity contribution in [3.8, 4) is 5.69 Å². The monoisotopic (exact) mass is 285 g/mol. The molecule has 2 heterocycles. The van der Waals surface area contributed by atoms with Crippen LogP contribution in [0.2, 0.25) is 0 Å². The fraction of sp³-hybridized carbons (Fsp3) is 0.375. The van der Waals surface area contributed by atoms with Gasteiger partial charge in [-0.05, 0) is 43.1 Å². The van der Waals surface area contributed by atoms with Gasteiger partial charge in [-0.15, -0.1) is 0 Å². The molecule has 3 rings (SSSR count). The lowest BCUT2D eigenvalue weighted by Gasteiger charge is -2.30. The number of hydrogen-bond acceptors (Lipinski definition) is 3. The van der Waals surface area contributed by atoms with Crippen LogP contribution in [0.1, 0.15) is 18.4 Å². The molecule has 0 unspecified atom stereocenters. The number of nitrogens with zero attached hydrogens (tertiary/aromatic N) is 3. The van der Waals surface area contributed by atoms with E-state index in [-0.39, 0.29) is 5.92 Å². The third-order valence-electron chi connectivity index (χ3n) is 3.94. The summed E-state index contributed by atoms with van der Waals surface area (Å²) in [7, 11) is 0. The molecule has 0 radical (unpaired) electrons. The van der Waals surface area contributed by atoms with E-state index in [4.69, 9.17) is 5.11 Å². The summed E-state index contributed by atoms with van der Waals surface area (Å²) in [5.74, 6) is -0.905. The quantitative estimate of drug-likeness (QED) is 0.935. The molecule has 0 aliphatic carbocycles. The number of carboxylic acid groups (broad SMARTS) is 1. The first-order valence-electron chi connectivity index (χ1n) is 7.26. The first kappa shape index (κ1) is 13.8. The van der Waals surface area contributed by atoms with Gasteiger partial charge in [0.15, 0.2) is 0 Å². The van der Waals surface area contributed by atoms with E-state index < -0.39 is 5.97 Å². The number of likely N-dealkylation sites (tertiary alicyclic amines) is 1. The minimum atomic E-state index is -0.676. The fourth-order valence-electron chi connectivity index (χ4n) is 2.88. The maximum atomic E-state index is 11.1. The lowest BCUT2D eigenvalue weighted by molar-refractivity contribution is -0.143. The fourth-order valence-corrected chi connectivity index (χ4v) is 2.88. The molecule has 5 nitrogen and oxygen atoms in total. The minimum Gasteiger partial charge on any atom is -0.481 e. The van der Waals surface area contributed by atoms with E-state index >= 15 is 0 Å². The summed E-state index contributed by atoms with van der Waals surface area (Å²) in [6, 6.07) is 10.1. The summed E-state index contributed by atoms with van der Waals surface area (Å²) in [5, 5.41) is 13.4. The van der Waals surface area contributed by atoms with E-state index in [2.05, 4.69) is 22.1 Å². The van der Waals surface area contributed by atoms with Crippen LogP contribution < -0.4 is 0 Å². The summed E-state index contributed by atoms with van der Waals surface area (Å²) < 4.78 is 1.83. The molecule has 0 spiro atoms. The topological polar surface area (TPSA) is 58.4 Å². The summed E-state index contributed by atoms with van der Waals surface area (Å²) in [4.78, 5) is 13.4. The Balaban J connectivity index is 1.70. The van der Waals surface area contributed by atoms with E-state index in [1.165, 1.54) is 5.56 Å². The van der Waals surface area contributed by atoms with Crippen molar-refractivity contribution in [3.05, 3.63) is 48.3 Å². The van der Waals surface area contributed by atoms with Crippen LogP contribution in [-0.4, -0.2) is 38.8 Å². The predicted octanol–water partition coefficient (Wildman–Crippen LogP) is 2.17. The molecule has 21 heavy (non-hydrogen) atoms. The summed E-state index contributed by atoms with van der Waals surface area (Å²) in [6.07, 6.45) is 5.42. The van der Waals surface area contributed by atoms with Gasteiger partial charge >= 0.3 is 5.97 Å². The zero-order valence-corrected chi connectivity index (χ0v) is 11.9. The van der Waals surface area contributed by atoms with Gasteiger partial charge in [-0.2, -0.15) is 5.10 Å². The normalized spacial score (nSPS) is 19.5. The van der Waals surface area contributed by atoms with Crippen LogP contribution in [0.3, 0.4) is 0 Å². The number of piperidine rings is 1. The molecule has 1 aromatic heterocycles. The van der Waals surface area contributed by atoms with Gasteiger partial charge in [0.2, 0.25) is 0 Å². The van der Waals surface area contributed by atoms with Crippen molar-refractivity contribution in [2.75, 3.05) is 13.1 Å². The zero-order valence-electron chi connectivity index (χ0n) is 11.9. The Morgan fingerprint density at radius 2 is 2.29 bits per heavy atom. The number of aliphatic carboxylic acids is 1. The largest absolute Gasteiger partial charge is 0.481 e. The van der Waals surface area contributed by atoms with Crippen molar-refractivity contribution in [2.45, 2.75) is 19.4 Å². The highest BCUT2D eigenvalue weighted by Crippen LogP contribution is 2.19. The maximum Gasteiger partial charge on any atom is 0.307 e. The maximum absolute atomic E-state index is 11.1. The number of hydrogen-bond donors (Lipinski definition) is 1. The molecule has 5 heteroatoms. The number of aromatic nitrogens is 2. The van der Waals surface area contributed by atoms with Crippen molar-refractivity contribution in [2.24, 2.45) is 5.92 Å². The Bertz CT molecular complexity index is 610. The molecule has 0 saturated carbocycles. The van der Waals surface area contributed by atoms with Crippen LogP contribution in [0.5, 0.6) is 0 Å². The van der Waals surface area contributed by atoms with E-state index in [0.29, 0.717) is 6.54 Å². The van der Waals surface area contributed by atoms with Crippen molar-refractivity contribution in [1.29, 1.82) is 0 Å². The standard InChI is InChI=1S/C16H19N3O2/c20-16(21)14-5-2-8-18(12-14)11-13-4-1-6-15(10-13)19-9-3-7-17-19/h1,3-4,6-7,9-10,14H,2,5,8,11-12H2,(H,20,21)/t14-/m1/s1. The molecule has 1 aliphatic rings. The summed E-state index contributed by atoms with van der Waals surface area (Å²) >= 11 is 0. The van der Waals surface area contributed by atoms with Gasteiger partial charge in [0.05, 0.1) is 11.6 Å². The van der Waals surface area contributed by atoms with Crippen molar-refractivity contribution >= 4 is 5.97 Å².